The van der Waals surface area contributed by atoms with E-state index in [0.717, 1.165) is 0 Å². The number of phenols is 1. The maximum Gasteiger partial charge on any atom is 0.269 e. The molecule has 68 valence electrons. The van der Waals surface area contributed by atoms with Crippen molar-refractivity contribution in [1.82, 2.24) is 0 Å². The van der Waals surface area contributed by atoms with Gasteiger partial charge in [0, 0.05) is 5.02 Å². The second-order valence-electron chi connectivity index (χ2n) is 2.58. The van der Waals surface area contributed by atoms with Gasteiger partial charge < -0.3 is 14.6 Å². The molecule has 0 amide bonds. The minimum Gasteiger partial charge on any atom is -0.507 e. The second-order valence-corrected chi connectivity index (χ2v) is 3.02. The summed E-state index contributed by atoms with van der Waals surface area (Å²) in [5, 5.41) is 9.98. The molecule has 2 rings (SSSR count). The van der Waals surface area contributed by atoms with Crippen LogP contribution in [0.5, 0.6) is 5.75 Å². The highest BCUT2D eigenvalue weighted by Gasteiger charge is 2.19. The van der Waals surface area contributed by atoms with Gasteiger partial charge in [-0.2, -0.15) is 0 Å². The molecular formula is C9H7ClO3. The molecule has 0 aliphatic carbocycles. The van der Waals surface area contributed by atoms with E-state index in [2.05, 4.69) is 0 Å². The zero-order valence-corrected chi connectivity index (χ0v) is 7.36. The fraction of sp³-hybridized carbons (Fsp3) is 0.111. The lowest BCUT2D eigenvalue weighted by molar-refractivity contribution is -0.0260. The number of aromatic hydroxyl groups is 1. The van der Waals surface area contributed by atoms with Crippen LogP contribution >= 0.6 is 11.6 Å². The quantitative estimate of drug-likeness (QED) is 0.754. The molecule has 1 heterocycles. The fourth-order valence-electron chi connectivity index (χ4n) is 1.10. The van der Waals surface area contributed by atoms with Crippen molar-refractivity contribution in [3.63, 3.8) is 0 Å². The number of hydrogen-bond donors (Lipinski definition) is 1. The van der Waals surface area contributed by atoms with Crippen LogP contribution in [0, 0.1) is 0 Å². The van der Waals surface area contributed by atoms with E-state index in [0.29, 0.717) is 10.6 Å². The molecule has 0 atom stereocenters. The van der Waals surface area contributed by atoms with Gasteiger partial charge in [-0.05, 0) is 18.2 Å². The summed E-state index contributed by atoms with van der Waals surface area (Å²) in [5.74, 6) is 0.109. The lowest BCUT2D eigenvalue weighted by Crippen LogP contribution is -1.97. The van der Waals surface area contributed by atoms with Crippen molar-refractivity contribution in [3.05, 3.63) is 41.3 Å². The van der Waals surface area contributed by atoms with Crippen LogP contribution in [0.3, 0.4) is 0 Å². The first-order valence-electron chi connectivity index (χ1n) is 3.72. The first-order valence-corrected chi connectivity index (χ1v) is 4.09. The van der Waals surface area contributed by atoms with Gasteiger partial charge in [0.05, 0.1) is 5.56 Å². The molecule has 13 heavy (non-hydrogen) atoms. The van der Waals surface area contributed by atoms with Gasteiger partial charge in [0.15, 0.2) is 0 Å². The Kier molecular flexibility index (Phi) is 2.02. The lowest BCUT2D eigenvalue weighted by atomic mass is 10.2. The molecule has 4 heteroatoms. The van der Waals surface area contributed by atoms with E-state index in [-0.39, 0.29) is 5.75 Å². The molecule has 0 saturated carbocycles. The van der Waals surface area contributed by atoms with Crippen molar-refractivity contribution in [2.24, 2.45) is 0 Å². The van der Waals surface area contributed by atoms with Crippen molar-refractivity contribution < 1.29 is 14.6 Å². The van der Waals surface area contributed by atoms with E-state index in [1.807, 2.05) is 0 Å². The topological polar surface area (TPSA) is 38.7 Å². The number of rotatable bonds is 1. The average molecular weight is 199 g/mol. The minimum atomic E-state index is -0.585. The van der Waals surface area contributed by atoms with Gasteiger partial charge in [0.2, 0.25) is 0 Å². The first-order chi connectivity index (χ1) is 6.27. The van der Waals surface area contributed by atoms with Gasteiger partial charge in [0.25, 0.3) is 6.29 Å². The van der Waals surface area contributed by atoms with Crippen molar-refractivity contribution in [3.8, 4) is 5.75 Å². The number of phenolic OH excluding ortho intramolecular Hbond substituents is 1. The summed E-state index contributed by atoms with van der Waals surface area (Å²) in [6.45, 7) is 0. The molecular weight excluding hydrogens is 192 g/mol. The second kappa shape index (κ2) is 3.18. The average Bonchev–Trinajstić information content (AvgIpc) is 2.61. The molecule has 0 bridgehead atoms. The fourth-order valence-corrected chi connectivity index (χ4v) is 1.28. The molecule has 3 nitrogen and oxygen atoms in total. The van der Waals surface area contributed by atoms with Gasteiger partial charge in [-0.3, -0.25) is 0 Å². The summed E-state index contributed by atoms with van der Waals surface area (Å²) in [7, 11) is 0. The molecule has 1 aliphatic heterocycles. The zero-order chi connectivity index (χ0) is 9.26. The summed E-state index contributed by atoms with van der Waals surface area (Å²) in [6, 6.07) is 4.71. The third-order valence-electron chi connectivity index (χ3n) is 1.70. The Morgan fingerprint density at radius 3 is 2.62 bits per heavy atom. The largest absolute Gasteiger partial charge is 0.507 e. The van der Waals surface area contributed by atoms with Crippen LogP contribution < -0.4 is 0 Å². The van der Waals surface area contributed by atoms with Gasteiger partial charge in [-0.1, -0.05) is 11.6 Å². The standard InChI is InChI=1S/C9H7ClO3/c10-6-1-2-8(11)7(5-6)9-12-3-4-13-9/h1-5,9,11H. The number of hydrogen-bond acceptors (Lipinski definition) is 3. The molecule has 0 fully saturated rings. The number of halogens is 1. The Balaban J connectivity index is 2.33. The van der Waals surface area contributed by atoms with Crippen LogP contribution in [0.25, 0.3) is 0 Å². The monoisotopic (exact) mass is 198 g/mol. The van der Waals surface area contributed by atoms with Gasteiger partial charge >= 0.3 is 0 Å². The van der Waals surface area contributed by atoms with Crippen molar-refractivity contribution in [2.75, 3.05) is 0 Å². The zero-order valence-electron chi connectivity index (χ0n) is 6.61. The predicted molar refractivity (Wildman–Crippen MR) is 47.2 cm³/mol. The van der Waals surface area contributed by atoms with Crippen LogP contribution in [-0.4, -0.2) is 5.11 Å². The molecule has 1 N–H and O–H groups in total. The Hall–Kier alpha value is -1.35. The van der Waals surface area contributed by atoms with Gasteiger partial charge in [-0.15, -0.1) is 0 Å². The molecule has 1 aromatic rings. The van der Waals surface area contributed by atoms with Crippen molar-refractivity contribution in [1.29, 1.82) is 0 Å². The maximum atomic E-state index is 9.45. The first kappa shape index (κ1) is 8.26. The van der Waals surface area contributed by atoms with Gasteiger partial charge in [-0.25, -0.2) is 0 Å². The number of ether oxygens (including phenoxy) is 2. The summed E-state index contributed by atoms with van der Waals surface area (Å²) in [5.41, 5.74) is 0.525. The normalized spacial score (nSPS) is 15.5. The molecule has 0 unspecified atom stereocenters. The van der Waals surface area contributed by atoms with E-state index in [9.17, 15) is 5.11 Å². The van der Waals surface area contributed by atoms with Crippen LogP contribution in [0.1, 0.15) is 11.9 Å². The number of benzene rings is 1. The smallest absolute Gasteiger partial charge is 0.269 e. The molecule has 0 saturated heterocycles. The summed E-state index contributed by atoms with van der Waals surface area (Å²) in [4.78, 5) is 0. The highest BCUT2D eigenvalue weighted by Crippen LogP contribution is 2.32. The Morgan fingerprint density at radius 1 is 1.23 bits per heavy atom. The van der Waals surface area contributed by atoms with Crippen LogP contribution in [0.2, 0.25) is 5.02 Å². The highest BCUT2D eigenvalue weighted by atomic mass is 35.5. The predicted octanol–water partition coefficient (Wildman–Crippen LogP) is 2.56. The van der Waals surface area contributed by atoms with E-state index < -0.39 is 6.29 Å². The minimum absolute atomic E-state index is 0.109. The SMILES string of the molecule is Oc1ccc(Cl)cc1C1OC=CO1. The third-order valence-corrected chi connectivity index (χ3v) is 1.94. The summed E-state index contributed by atoms with van der Waals surface area (Å²) < 4.78 is 10.1. The lowest BCUT2D eigenvalue weighted by Gasteiger charge is -2.11. The molecule has 1 aromatic carbocycles. The van der Waals surface area contributed by atoms with Gasteiger partial charge in [0.1, 0.15) is 18.3 Å². The molecule has 1 aliphatic rings. The van der Waals surface area contributed by atoms with E-state index in [1.54, 1.807) is 12.1 Å². The van der Waals surface area contributed by atoms with Crippen molar-refractivity contribution in [2.45, 2.75) is 6.29 Å². The van der Waals surface area contributed by atoms with Crippen LogP contribution in [-0.2, 0) is 9.47 Å². The summed E-state index contributed by atoms with van der Waals surface area (Å²) >= 11 is 5.75. The maximum absolute atomic E-state index is 9.45. The van der Waals surface area contributed by atoms with E-state index in [4.69, 9.17) is 21.1 Å². The van der Waals surface area contributed by atoms with E-state index >= 15 is 0 Å². The third kappa shape index (κ3) is 1.55. The van der Waals surface area contributed by atoms with E-state index in [1.165, 1.54) is 18.6 Å². The van der Waals surface area contributed by atoms with Crippen molar-refractivity contribution >= 4 is 11.6 Å². The highest BCUT2D eigenvalue weighted by molar-refractivity contribution is 6.30. The molecule has 0 spiro atoms. The Morgan fingerprint density at radius 2 is 1.92 bits per heavy atom. The van der Waals surface area contributed by atoms with Crippen LogP contribution in [0.15, 0.2) is 30.7 Å². The summed E-state index contributed by atoms with van der Waals surface area (Å²) in [6.07, 6.45) is 2.26. The molecule has 0 aromatic heterocycles. The Labute approximate surface area is 80.2 Å². The Bertz CT molecular complexity index is 341. The van der Waals surface area contributed by atoms with Crippen LogP contribution in [0.4, 0.5) is 0 Å². The molecule has 0 radical (unpaired) electrons.